The maximum Gasteiger partial charge on any atom is 0.255 e. The molecule has 0 saturated heterocycles. The Morgan fingerprint density at radius 2 is 2.20 bits per heavy atom. The molecule has 110 valence electrons. The number of alkyl halides is 1. The number of carbonyl (C=O) groups excluding carboxylic acids is 1. The van der Waals surface area contributed by atoms with E-state index in [0.29, 0.717) is 48.6 Å². The minimum Gasteiger partial charge on any atom is -0.486 e. The number of amides is 1. The van der Waals surface area contributed by atoms with Crippen LogP contribution in [0.15, 0.2) is 18.2 Å². The number of benzene rings is 1. The van der Waals surface area contributed by atoms with Gasteiger partial charge < -0.3 is 14.8 Å². The van der Waals surface area contributed by atoms with Crippen molar-refractivity contribution in [2.45, 2.75) is 19.8 Å². The van der Waals surface area contributed by atoms with Gasteiger partial charge >= 0.3 is 0 Å². The van der Waals surface area contributed by atoms with Crippen LogP contribution < -0.4 is 14.8 Å². The van der Waals surface area contributed by atoms with Crippen molar-refractivity contribution in [2.24, 2.45) is 5.92 Å². The summed E-state index contributed by atoms with van der Waals surface area (Å²) < 4.78 is 11.0. The van der Waals surface area contributed by atoms with Gasteiger partial charge in [-0.2, -0.15) is 0 Å². The standard InChI is InChI=1S/C15H20ClNO3/c1-11(10-16)4-3-7-17-15(18)12-5-2-6-13-14(12)20-9-8-19-13/h2,5-6,11H,3-4,7-10H2,1H3,(H,17,18). The number of hydrogen-bond acceptors (Lipinski definition) is 3. The molecule has 1 aromatic rings. The van der Waals surface area contributed by atoms with E-state index < -0.39 is 0 Å². The zero-order valence-electron chi connectivity index (χ0n) is 11.7. The fraction of sp³-hybridized carbons (Fsp3) is 0.533. The van der Waals surface area contributed by atoms with E-state index in [1.807, 2.05) is 6.07 Å². The lowest BCUT2D eigenvalue weighted by atomic mass is 10.1. The van der Waals surface area contributed by atoms with Crippen molar-refractivity contribution in [3.8, 4) is 11.5 Å². The molecule has 0 fully saturated rings. The average molecular weight is 298 g/mol. The van der Waals surface area contributed by atoms with E-state index >= 15 is 0 Å². The third-order valence-electron chi connectivity index (χ3n) is 3.23. The van der Waals surface area contributed by atoms with Crippen molar-refractivity contribution in [1.29, 1.82) is 0 Å². The number of halogens is 1. The van der Waals surface area contributed by atoms with Gasteiger partial charge in [0.2, 0.25) is 0 Å². The Morgan fingerprint density at radius 1 is 1.40 bits per heavy atom. The van der Waals surface area contributed by atoms with Crippen molar-refractivity contribution in [3.63, 3.8) is 0 Å². The third-order valence-corrected chi connectivity index (χ3v) is 3.76. The Labute approximate surface area is 124 Å². The first-order valence-corrected chi connectivity index (χ1v) is 7.48. The number of para-hydroxylation sites is 1. The molecule has 0 spiro atoms. The Kier molecular flexibility index (Phi) is 5.53. The number of ether oxygens (including phenoxy) is 2. The molecule has 1 atom stereocenters. The highest BCUT2D eigenvalue weighted by Gasteiger charge is 2.19. The summed E-state index contributed by atoms with van der Waals surface area (Å²) in [6.07, 6.45) is 1.93. The Bertz CT molecular complexity index is 464. The summed E-state index contributed by atoms with van der Waals surface area (Å²) in [5.74, 6) is 2.21. The van der Waals surface area contributed by atoms with Gasteiger partial charge in [0.05, 0.1) is 5.56 Å². The van der Waals surface area contributed by atoms with Crippen LogP contribution in [0.5, 0.6) is 11.5 Å². The first kappa shape index (κ1) is 15.0. The number of hydrogen-bond donors (Lipinski definition) is 1. The molecule has 1 aliphatic rings. The molecule has 0 radical (unpaired) electrons. The summed E-state index contributed by atoms with van der Waals surface area (Å²) in [4.78, 5) is 12.2. The first-order valence-electron chi connectivity index (χ1n) is 6.95. The van der Waals surface area contributed by atoms with Crippen molar-refractivity contribution < 1.29 is 14.3 Å². The molecule has 1 aliphatic heterocycles. The molecule has 0 aromatic heterocycles. The number of rotatable bonds is 6. The van der Waals surface area contributed by atoms with Crippen LogP contribution in [0.25, 0.3) is 0 Å². The molecule has 0 bridgehead atoms. The maximum atomic E-state index is 12.2. The van der Waals surface area contributed by atoms with Crippen LogP contribution in [0.2, 0.25) is 0 Å². The van der Waals surface area contributed by atoms with E-state index in [2.05, 4.69) is 12.2 Å². The lowest BCUT2D eigenvalue weighted by molar-refractivity contribution is 0.0941. The predicted octanol–water partition coefficient (Wildman–Crippen LogP) is 2.84. The van der Waals surface area contributed by atoms with E-state index in [1.54, 1.807) is 12.1 Å². The van der Waals surface area contributed by atoms with Crippen LogP contribution in [0, 0.1) is 5.92 Å². The molecule has 4 nitrogen and oxygen atoms in total. The highest BCUT2D eigenvalue weighted by molar-refractivity contribution is 6.18. The van der Waals surface area contributed by atoms with Gasteiger partial charge in [0.1, 0.15) is 13.2 Å². The van der Waals surface area contributed by atoms with Gasteiger partial charge in [-0.25, -0.2) is 0 Å². The molecular formula is C15H20ClNO3. The van der Waals surface area contributed by atoms with E-state index in [-0.39, 0.29) is 5.91 Å². The maximum absolute atomic E-state index is 12.2. The number of carbonyl (C=O) groups is 1. The van der Waals surface area contributed by atoms with E-state index in [9.17, 15) is 4.79 Å². The van der Waals surface area contributed by atoms with Crippen LogP contribution >= 0.6 is 11.6 Å². The van der Waals surface area contributed by atoms with Gasteiger partial charge in [-0.1, -0.05) is 13.0 Å². The minimum absolute atomic E-state index is 0.120. The molecule has 1 amide bonds. The topological polar surface area (TPSA) is 47.6 Å². The molecule has 5 heteroatoms. The minimum atomic E-state index is -0.120. The van der Waals surface area contributed by atoms with Crippen molar-refractivity contribution >= 4 is 17.5 Å². The van der Waals surface area contributed by atoms with Gasteiger partial charge in [0.15, 0.2) is 11.5 Å². The summed E-state index contributed by atoms with van der Waals surface area (Å²) in [5.41, 5.74) is 0.535. The highest BCUT2D eigenvalue weighted by atomic mass is 35.5. The van der Waals surface area contributed by atoms with Gasteiger partial charge in [0, 0.05) is 12.4 Å². The summed E-state index contributed by atoms with van der Waals surface area (Å²) in [7, 11) is 0. The molecule has 1 N–H and O–H groups in total. The molecule has 20 heavy (non-hydrogen) atoms. The zero-order chi connectivity index (χ0) is 14.4. The van der Waals surface area contributed by atoms with Crippen LogP contribution in [0.1, 0.15) is 30.1 Å². The second-order valence-electron chi connectivity index (χ2n) is 4.99. The normalized spacial score (nSPS) is 14.7. The molecule has 1 heterocycles. The third kappa shape index (κ3) is 3.79. The predicted molar refractivity (Wildman–Crippen MR) is 78.9 cm³/mol. The van der Waals surface area contributed by atoms with Crippen LogP contribution in [0.3, 0.4) is 0 Å². The van der Waals surface area contributed by atoms with Gasteiger partial charge in [-0.15, -0.1) is 11.6 Å². The number of fused-ring (bicyclic) bond motifs is 1. The van der Waals surface area contributed by atoms with Crippen LogP contribution in [-0.2, 0) is 0 Å². The molecule has 1 unspecified atom stereocenters. The monoisotopic (exact) mass is 297 g/mol. The molecule has 2 rings (SSSR count). The van der Waals surface area contributed by atoms with Crippen molar-refractivity contribution in [3.05, 3.63) is 23.8 Å². The fourth-order valence-electron chi connectivity index (χ4n) is 2.08. The molecule has 1 aromatic carbocycles. The summed E-state index contributed by atoms with van der Waals surface area (Å²) in [5, 5.41) is 2.91. The Hall–Kier alpha value is -1.42. The summed E-state index contributed by atoms with van der Waals surface area (Å²) in [6.45, 7) is 3.75. The smallest absolute Gasteiger partial charge is 0.255 e. The number of nitrogens with one attached hydrogen (secondary N) is 1. The lowest BCUT2D eigenvalue weighted by Crippen LogP contribution is -2.27. The summed E-state index contributed by atoms with van der Waals surface area (Å²) in [6, 6.07) is 5.37. The second kappa shape index (κ2) is 7.39. The largest absolute Gasteiger partial charge is 0.486 e. The SMILES string of the molecule is CC(CCl)CCCNC(=O)c1cccc2c1OCCO2. The molecular weight excluding hydrogens is 278 g/mol. The van der Waals surface area contributed by atoms with Crippen LogP contribution in [0.4, 0.5) is 0 Å². The van der Waals surface area contributed by atoms with Crippen molar-refractivity contribution in [1.82, 2.24) is 5.32 Å². The molecule has 0 saturated carbocycles. The highest BCUT2D eigenvalue weighted by Crippen LogP contribution is 2.33. The van der Waals surface area contributed by atoms with Crippen LogP contribution in [-0.4, -0.2) is 31.5 Å². The lowest BCUT2D eigenvalue weighted by Gasteiger charge is -2.20. The Balaban J connectivity index is 1.90. The van der Waals surface area contributed by atoms with E-state index in [4.69, 9.17) is 21.1 Å². The second-order valence-corrected chi connectivity index (χ2v) is 5.30. The van der Waals surface area contributed by atoms with Crippen molar-refractivity contribution in [2.75, 3.05) is 25.6 Å². The molecule has 0 aliphatic carbocycles. The van der Waals surface area contributed by atoms with Gasteiger partial charge in [-0.05, 0) is 30.9 Å². The quantitative estimate of drug-likeness (QED) is 0.649. The van der Waals surface area contributed by atoms with E-state index in [1.165, 1.54) is 0 Å². The fourth-order valence-corrected chi connectivity index (χ4v) is 2.23. The average Bonchev–Trinajstić information content (AvgIpc) is 2.50. The first-order chi connectivity index (χ1) is 9.72. The van der Waals surface area contributed by atoms with Gasteiger partial charge in [0.25, 0.3) is 5.91 Å². The van der Waals surface area contributed by atoms with Gasteiger partial charge in [-0.3, -0.25) is 4.79 Å². The summed E-state index contributed by atoms with van der Waals surface area (Å²) >= 11 is 5.75. The van der Waals surface area contributed by atoms with E-state index in [0.717, 1.165) is 12.8 Å². The Morgan fingerprint density at radius 3 is 3.00 bits per heavy atom. The zero-order valence-corrected chi connectivity index (χ0v) is 12.4.